The molecule has 1 aromatic heterocycles. The highest BCUT2D eigenvalue weighted by atomic mass is 35.5. The van der Waals surface area contributed by atoms with Crippen LogP contribution in [0.25, 0.3) is 5.69 Å². The van der Waals surface area contributed by atoms with E-state index in [0.29, 0.717) is 35.8 Å². The summed E-state index contributed by atoms with van der Waals surface area (Å²) in [6.07, 6.45) is 3.44. The molecule has 2 aliphatic rings. The van der Waals surface area contributed by atoms with Crippen LogP contribution in [0.5, 0.6) is 0 Å². The smallest absolute Gasteiger partial charge is 0.243 e. The summed E-state index contributed by atoms with van der Waals surface area (Å²) in [6, 6.07) is 17.2. The molecule has 150 valence electrons. The lowest BCUT2D eigenvalue weighted by molar-refractivity contribution is 0.247. The number of aryl methyl sites for hydroxylation is 1. The van der Waals surface area contributed by atoms with E-state index < -0.39 is 10.0 Å². The lowest BCUT2D eigenvalue weighted by atomic mass is 9.83. The summed E-state index contributed by atoms with van der Waals surface area (Å²) in [5.41, 5.74) is 3.69. The number of sulfonamides is 1. The maximum atomic E-state index is 13.2. The summed E-state index contributed by atoms with van der Waals surface area (Å²) in [5, 5.41) is 4.40. The van der Waals surface area contributed by atoms with Crippen molar-refractivity contribution in [1.82, 2.24) is 8.87 Å². The molecule has 0 atom stereocenters. The van der Waals surface area contributed by atoms with E-state index in [1.165, 1.54) is 0 Å². The molecule has 1 fully saturated rings. The molecule has 0 bridgehead atoms. The molecule has 5 rings (SSSR count). The van der Waals surface area contributed by atoms with Gasteiger partial charge in [-0.2, -0.15) is 4.31 Å². The summed E-state index contributed by atoms with van der Waals surface area (Å²) in [6.45, 7) is 2.78. The molecule has 0 unspecified atom stereocenters. The first-order chi connectivity index (χ1) is 13.9. The van der Waals surface area contributed by atoms with Gasteiger partial charge in [-0.3, -0.25) is 0 Å². The SMILES string of the molecule is Cc1ccccc1S(=O)(=O)N1CCC2(CC1)Nc1ccc(Cl)cc1-n1cccc12. The molecule has 5 nitrogen and oxygen atoms in total. The Morgan fingerprint density at radius 3 is 2.55 bits per heavy atom. The minimum Gasteiger partial charge on any atom is -0.372 e. The van der Waals surface area contributed by atoms with Gasteiger partial charge < -0.3 is 9.88 Å². The summed E-state index contributed by atoms with van der Waals surface area (Å²) in [4.78, 5) is 0.399. The maximum Gasteiger partial charge on any atom is 0.243 e. The lowest BCUT2D eigenvalue weighted by Gasteiger charge is -2.46. The Hall–Kier alpha value is -2.28. The Balaban J connectivity index is 1.46. The van der Waals surface area contributed by atoms with Gasteiger partial charge in [0.05, 0.1) is 21.8 Å². The van der Waals surface area contributed by atoms with Crippen LogP contribution in [0, 0.1) is 6.92 Å². The van der Waals surface area contributed by atoms with Crippen LogP contribution in [0.4, 0.5) is 5.69 Å². The monoisotopic (exact) mass is 427 g/mol. The zero-order valence-corrected chi connectivity index (χ0v) is 17.7. The number of piperidine rings is 1. The lowest BCUT2D eigenvalue weighted by Crippen LogP contribution is -2.51. The fourth-order valence-electron chi connectivity index (χ4n) is 4.59. The largest absolute Gasteiger partial charge is 0.372 e. The minimum atomic E-state index is -3.50. The van der Waals surface area contributed by atoms with Crippen molar-refractivity contribution < 1.29 is 8.42 Å². The van der Waals surface area contributed by atoms with Crippen molar-refractivity contribution in [3.63, 3.8) is 0 Å². The van der Waals surface area contributed by atoms with Gasteiger partial charge in [0.15, 0.2) is 0 Å². The predicted molar refractivity (Wildman–Crippen MR) is 115 cm³/mol. The van der Waals surface area contributed by atoms with E-state index in [4.69, 9.17) is 11.6 Å². The molecule has 7 heteroatoms. The molecule has 0 radical (unpaired) electrons. The van der Waals surface area contributed by atoms with Crippen LogP contribution in [-0.4, -0.2) is 30.4 Å². The number of nitrogens with zero attached hydrogens (tertiary/aromatic N) is 2. The van der Waals surface area contributed by atoms with Crippen molar-refractivity contribution >= 4 is 27.3 Å². The topological polar surface area (TPSA) is 54.3 Å². The number of nitrogens with one attached hydrogen (secondary N) is 1. The number of benzene rings is 2. The number of hydrogen-bond acceptors (Lipinski definition) is 3. The first kappa shape index (κ1) is 18.7. The average molecular weight is 428 g/mol. The molecule has 0 aliphatic carbocycles. The van der Waals surface area contributed by atoms with Gasteiger partial charge in [-0.25, -0.2) is 8.42 Å². The maximum absolute atomic E-state index is 13.2. The van der Waals surface area contributed by atoms with E-state index in [1.54, 1.807) is 16.4 Å². The van der Waals surface area contributed by atoms with E-state index in [9.17, 15) is 8.42 Å². The van der Waals surface area contributed by atoms with E-state index >= 15 is 0 Å². The minimum absolute atomic E-state index is 0.290. The van der Waals surface area contributed by atoms with Gasteiger partial charge >= 0.3 is 0 Å². The molecule has 0 amide bonds. The summed E-state index contributed by atoms with van der Waals surface area (Å²) < 4.78 is 30.2. The van der Waals surface area contributed by atoms with Crippen LogP contribution >= 0.6 is 11.6 Å². The van der Waals surface area contributed by atoms with Crippen LogP contribution < -0.4 is 5.32 Å². The Morgan fingerprint density at radius 1 is 1.03 bits per heavy atom. The molecular formula is C22H22ClN3O2S. The molecule has 1 saturated heterocycles. The van der Waals surface area contributed by atoms with Gasteiger partial charge in [0.2, 0.25) is 10.0 Å². The quantitative estimate of drug-likeness (QED) is 0.653. The van der Waals surface area contributed by atoms with Crippen LogP contribution in [0.3, 0.4) is 0 Å². The number of hydrogen-bond donors (Lipinski definition) is 1. The second-order valence-electron chi connectivity index (χ2n) is 7.80. The van der Waals surface area contributed by atoms with Crippen LogP contribution in [-0.2, 0) is 15.6 Å². The summed E-state index contributed by atoms with van der Waals surface area (Å²) in [5.74, 6) is 0. The average Bonchev–Trinajstić information content (AvgIpc) is 3.21. The van der Waals surface area contributed by atoms with Crippen LogP contribution in [0.1, 0.15) is 24.1 Å². The fourth-order valence-corrected chi connectivity index (χ4v) is 6.42. The highest BCUT2D eigenvalue weighted by Gasteiger charge is 2.44. The summed E-state index contributed by atoms with van der Waals surface area (Å²) in [7, 11) is -3.50. The molecule has 2 aromatic carbocycles. The van der Waals surface area contributed by atoms with Gasteiger partial charge in [0, 0.05) is 30.0 Å². The first-order valence-corrected chi connectivity index (χ1v) is 11.5. The molecule has 1 spiro atoms. The Labute approximate surface area is 176 Å². The molecule has 2 aliphatic heterocycles. The Kier molecular flexibility index (Phi) is 4.28. The number of rotatable bonds is 2. The second kappa shape index (κ2) is 6.62. The van der Waals surface area contributed by atoms with Crippen molar-refractivity contribution in [3.8, 4) is 5.69 Å². The van der Waals surface area contributed by atoms with Crippen molar-refractivity contribution in [2.24, 2.45) is 0 Å². The second-order valence-corrected chi connectivity index (χ2v) is 10.1. The fraction of sp³-hybridized carbons (Fsp3) is 0.273. The van der Waals surface area contributed by atoms with E-state index in [1.807, 2.05) is 49.5 Å². The van der Waals surface area contributed by atoms with Crippen LogP contribution in [0.15, 0.2) is 65.7 Å². The highest BCUT2D eigenvalue weighted by Crippen LogP contribution is 2.44. The number of anilines is 1. The molecule has 0 saturated carbocycles. The molecule has 29 heavy (non-hydrogen) atoms. The van der Waals surface area contributed by atoms with Gasteiger partial charge in [-0.15, -0.1) is 0 Å². The summed E-state index contributed by atoms with van der Waals surface area (Å²) >= 11 is 6.21. The number of halogens is 1. The van der Waals surface area contributed by atoms with E-state index in [0.717, 1.165) is 22.6 Å². The molecule has 3 heterocycles. The normalized spacial score (nSPS) is 18.1. The predicted octanol–water partition coefficient (Wildman–Crippen LogP) is 4.54. The third-order valence-electron chi connectivity index (χ3n) is 6.12. The van der Waals surface area contributed by atoms with Gasteiger partial charge in [0.1, 0.15) is 0 Å². The Morgan fingerprint density at radius 2 is 1.79 bits per heavy atom. The highest BCUT2D eigenvalue weighted by molar-refractivity contribution is 7.89. The Bertz CT molecular complexity index is 1190. The van der Waals surface area contributed by atoms with Gasteiger partial charge in [0.25, 0.3) is 0 Å². The number of aromatic nitrogens is 1. The first-order valence-electron chi connectivity index (χ1n) is 9.72. The molecule has 3 aromatic rings. The third-order valence-corrected chi connectivity index (χ3v) is 8.41. The molecular weight excluding hydrogens is 406 g/mol. The zero-order chi connectivity index (χ0) is 20.2. The van der Waals surface area contributed by atoms with Crippen molar-refractivity contribution in [2.45, 2.75) is 30.2 Å². The van der Waals surface area contributed by atoms with Crippen molar-refractivity contribution in [2.75, 3.05) is 18.4 Å². The zero-order valence-electron chi connectivity index (χ0n) is 16.1. The van der Waals surface area contributed by atoms with E-state index in [-0.39, 0.29) is 5.54 Å². The van der Waals surface area contributed by atoms with Crippen LogP contribution in [0.2, 0.25) is 5.02 Å². The van der Waals surface area contributed by atoms with Crippen molar-refractivity contribution in [1.29, 1.82) is 0 Å². The van der Waals surface area contributed by atoms with Gasteiger partial charge in [-0.05, 0) is 61.7 Å². The van der Waals surface area contributed by atoms with Gasteiger partial charge in [-0.1, -0.05) is 29.8 Å². The molecule has 1 N–H and O–H groups in total. The third kappa shape index (κ3) is 2.89. The number of fused-ring (bicyclic) bond motifs is 4. The standard InChI is InChI=1S/C22H22ClN3O2S/c1-16-5-2-3-6-20(16)29(27,28)25-13-10-22(11-14-25)21-7-4-12-26(21)19-15-17(23)8-9-18(19)24-22/h2-9,12,15,24H,10-11,13-14H2,1H3. The van der Waals surface area contributed by atoms with Crippen molar-refractivity contribution in [3.05, 3.63) is 77.1 Å². The van der Waals surface area contributed by atoms with E-state index in [2.05, 4.69) is 16.0 Å².